The number of fused-ring (bicyclic) bond motifs is 1. The minimum Gasteiger partial charge on any atom is -0.493 e. The highest BCUT2D eigenvalue weighted by atomic mass is 32.2. The van der Waals surface area contributed by atoms with Crippen LogP contribution < -0.4 is 9.47 Å². The zero-order chi connectivity index (χ0) is 14.8. The Morgan fingerprint density at radius 3 is 2.67 bits per heavy atom. The van der Waals surface area contributed by atoms with Gasteiger partial charge >= 0.3 is 0 Å². The summed E-state index contributed by atoms with van der Waals surface area (Å²) in [6.45, 7) is 0. The van der Waals surface area contributed by atoms with Gasteiger partial charge < -0.3 is 9.47 Å². The van der Waals surface area contributed by atoms with E-state index in [0.29, 0.717) is 28.6 Å². The molecule has 5 nitrogen and oxygen atoms in total. The van der Waals surface area contributed by atoms with Crippen LogP contribution >= 0.6 is 11.8 Å². The fraction of sp³-hybridized carbons (Fsp3) is 0.267. The molecule has 2 aromatic rings. The van der Waals surface area contributed by atoms with Crippen molar-refractivity contribution in [3.8, 4) is 11.5 Å². The largest absolute Gasteiger partial charge is 0.493 e. The molecule has 1 aliphatic heterocycles. The molecule has 0 radical (unpaired) electrons. The Kier molecular flexibility index (Phi) is 3.79. The third-order valence-corrected chi connectivity index (χ3v) is 4.58. The number of benzene rings is 1. The Hall–Kier alpha value is -2.08. The van der Waals surface area contributed by atoms with Crippen molar-refractivity contribution in [1.29, 1.82) is 0 Å². The van der Waals surface area contributed by atoms with Crippen molar-refractivity contribution in [2.24, 2.45) is 0 Å². The second kappa shape index (κ2) is 5.73. The maximum atomic E-state index is 12.2. The van der Waals surface area contributed by atoms with Crippen LogP contribution in [0.3, 0.4) is 0 Å². The molecule has 0 bridgehead atoms. The van der Waals surface area contributed by atoms with E-state index >= 15 is 0 Å². The predicted octanol–water partition coefficient (Wildman–Crippen LogP) is 2.91. The van der Waals surface area contributed by atoms with Crippen LogP contribution in [0.4, 0.5) is 0 Å². The van der Waals surface area contributed by atoms with Crippen LogP contribution in [0.1, 0.15) is 27.7 Å². The minimum atomic E-state index is 0.0153. The SMILES string of the molecule is COc1ccc([C@H]2CC(=O)c3nccnc3S2)cc1OC. The summed E-state index contributed by atoms with van der Waals surface area (Å²) in [5, 5.41) is 0.704. The number of Topliss-reactive ketones (excluding diaryl/α,β-unsaturated/α-hetero) is 1. The summed E-state index contributed by atoms with van der Waals surface area (Å²) >= 11 is 1.56. The zero-order valence-corrected chi connectivity index (χ0v) is 12.5. The molecule has 0 fully saturated rings. The van der Waals surface area contributed by atoms with E-state index in [1.54, 1.807) is 38.4 Å². The smallest absolute Gasteiger partial charge is 0.185 e. The van der Waals surface area contributed by atoms with Crippen molar-refractivity contribution in [2.45, 2.75) is 16.7 Å². The van der Waals surface area contributed by atoms with E-state index in [-0.39, 0.29) is 11.0 Å². The fourth-order valence-electron chi connectivity index (χ4n) is 2.28. The topological polar surface area (TPSA) is 61.3 Å². The first kappa shape index (κ1) is 13.9. The summed E-state index contributed by atoms with van der Waals surface area (Å²) in [5.41, 5.74) is 1.49. The number of nitrogens with zero attached hydrogens (tertiary/aromatic N) is 2. The number of ether oxygens (including phenoxy) is 2. The molecule has 0 aliphatic carbocycles. The lowest BCUT2D eigenvalue weighted by Gasteiger charge is -2.22. The van der Waals surface area contributed by atoms with E-state index < -0.39 is 0 Å². The van der Waals surface area contributed by atoms with Gasteiger partial charge in [-0.2, -0.15) is 0 Å². The second-order valence-electron chi connectivity index (χ2n) is 4.56. The zero-order valence-electron chi connectivity index (χ0n) is 11.7. The lowest BCUT2D eigenvalue weighted by Crippen LogP contribution is -2.15. The number of thioether (sulfide) groups is 1. The summed E-state index contributed by atoms with van der Waals surface area (Å²) in [5.74, 6) is 1.36. The molecule has 0 amide bonds. The fourth-order valence-corrected chi connectivity index (χ4v) is 3.47. The van der Waals surface area contributed by atoms with Gasteiger partial charge in [0.05, 0.1) is 14.2 Å². The Morgan fingerprint density at radius 2 is 1.90 bits per heavy atom. The van der Waals surface area contributed by atoms with Crippen molar-refractivity contribution in [2.75, 3.05) is 14.2 Å². The molecule has 1 atom stereocenters. The molecule has 2 heterocycles. The van der Waals surface area contributed by atoms with Gasteiger partial charge in [0, 0.05) is 24.1 Å². The first-order chi connectivity index (χ1) is 10.2. The first-order valence-corrected chi connectivity index (χ1v) is 7.33. The lowest BCUT2D eigenvalue weighted by molar-refractivity contribution is 0.0970. The predicted molar refractivity (Wildman–Crippen MR) is 79.1 cm³/mol. The second-order valence-corrected chi connectivity index (χ2v) is 5.75. The molecule has 0 saturated carbocycles. The highest BCUT2D eigenvalue weighted by Gasteiger charge is 2.29. The number of methoxy groups -OCH3 is 2. The van der Waals surface area contributed by atoms with Crippen LogP contribution in [-0.2, 0) is 0 Å². The van der Waals surface area contributed by atoms with Crippen LogP contribution in [-0.4, -0.2) is 30.0 Å². The standard InChI is InChI=1S/C15H14N2O3S/c1-19-11-4-3-9(7-12(11)20-2)13-8-10(18)14-15(21-13)17-6-5-16-14/h3-7,13H,8H2,1-2H3/t13-/m1/s1. The molecule has 108 valence electrons. The van der Waals surface area contributed by atoms with Crippen molar-refractivity contribution in [1.82, 2.24) is 9.97 Å². The molecule has 6 heteroatoms. The molecule has 1 aliphatic rings. The van der Waals surface area contributed by atoms with Gasteiger partial charge in [0.2, 0.25) is 0 Å². The molecular formula is C15H14N2O3S. The van der Waals surface area contributed by atoms with E-state index in [0.717, 1.165) is 5.56 Å². The van der Waals surface area contributed by atoms with Gasteiger partial charge in [0.15, 0.2) is 17.3 Å². The Morgan fingerprint density at radius 1 is 1.14 bits per heavy atom. The quantitative estimate of drug-likeness (QED) is 0.868. The van der Waals surface area contributed by atoms with Crippen molar-refractivity contribution in [3.63, 3.8) is 0 Å². The number of hydrogen-bond donors (Lipinski definition) is 0. The van der Waals surface area contributed by atoms with Gasteiger partial charge in [0.1, 0.15) is 10.7 Å². The third-order valence-electron chi connectivity index (χ3n) is 3.33. The van der Waals surface area contributed by atoms with Gasteiger partial charge in [0.25, 0.3) is 0 Å². The maximum absolute atomic E-state index is 12.2. The summed E-state index contributed by atoms with van der Waals surface area (Å²) < 4.78 is 10.6. The summed E-state index contributed by atoms with van der Waals surface area (Å²) in [6.07, 6.45) is 3.57. The van der Waals surface area contributed by atoms with Crippen molar-refractivity contribution in [3.05, 3.63) is 41.9 Å². The summed E-state index contributed by atoms with van der Waals surface area (Å²) in [7, 11) is 3.20. The van der Waals surface area contributed by atoms with Gasteiger partial charge in [-0.05, 0) is 17.7 Å². The maximum Gasteiger partial charge on any atom is 0.185 e. The normalized spacial score (nSPS) is 17.2. The number of carbonyl (C=O) groups is 1. The van der Waals surface area contributed by atoms with E-state index in [1.807, 2.05) is 18.2 Å². The Bertz CT molecular complexity index is 690. The number of aromatic nitrogens is 2. The van der Waals surface area contributed by atoms with Crippen LogP contribution in [0.25, 0.3) is 0 Å². The number of ketones is 1. The number of hydrogen-bond acceptors (Lipinski definition) is 6. The molecule has 0 spiro atoms. The average Bonchev–Trinajstić information content (AvgIpc) is 2.54. The Labute approximate surface area is 126 Å². The van der Waals surface area contributed by atoms with Crippen LogP contribution in [0.2, 0.25) is 0 Å². The van der Waals surface area contributed by atoms with Crippen molar-refractivity contribution >= 4 is 17.5 Å². The van der Waals surface area contributed by atoms with Crippen LogP contribution in [0.15, 0.2) is 35.6 Å². The third kappa shape index (κ3) is 2.58. The number of carbonyl (C=O) groups excluding carboxylic acids is 1. The molecular weight excluding hydrogens is 288 g/mol. The average molecular weight is 302 g/mol. The monoisotopic (exact) mass is 302 g/mol. The van der Waals surface area contributed by atoms with E-state index in [1.165, 1.54) is 0 Å². The van der Waals surface area contributed by atoms with Crippen molar-refractivity contribution < 1.29 is 14.3 Å². The highest BCUT2D eigenvalue weighted by molar-refractivity contribution is 7.99. The Balaban J connectivity index is 1.94. The summed E-state index contributed by atoms with van der Waals surface area (Å²) in [6, 6.07) is 5.71. The first-order valence-electron chi connectivity index (χ1n) is 6.45. The van der Waals surface area contributed by atoms with Crippen LogP contribution in [0.5, 0.6) is 11.5 Å². The van der Waals surface area contributed by atoms with Gasteiger partial charge in [-0.1, -0.05) is 17.8 Å². The lowest BCUT2D eigenvalue weighted by atomic mass is 10.0. The van der Waals surface area contributed by atoms with Gasteiger partial charge in [-0.15, -0.1) is 0 Å². The van der Waals surface area contributed by atoms with Crippen LogP contribution in [0, 0.1) is 0 Å². The van der Waals surface area contributed by atoms with Gasteiger partial charge in [-0.25, -0.2) is 9.97 Å². The molecule has 21 heavy (non-hydrogen) atoms. The molecule has 0 unspecified atom stereocenters. The minimum absolute atomic E-state index is 0.0153. The molecule has 1 aromatic carbocycles. The molecule has 0 N–H and O–H groups in total. The van der Waals surface area contributed by atoms with E-state index in [2.05, 4.69) is 9.97 Å². The summed E-state index contributed by atoms with van der Waals surface area (Å²) in [4.78, 5) is 20.5. The van der Waals surface area contributed by atoms with E-state index in [9.17, 15) is 4.79 Å². The number of rotatable bonds is 3. The molecule has 1 aromatic heterocycles. The highest BCUT2D eigenvalue weighted by Crippen LogP contribution is 2.44. The van der Waals surface area contributed by atoms with E-state index in [4.69, 9.17) is 9.47 Å². The molecule has 3 rings (SSSR count). The van der Waals surface area contributed by atoms with Gasteiger partial charge in [-0.3, -0.25) is 4.79 Å². The molecule has 0 saturated heterocycles.